The summed E-state index contributed by atoms with van der Waals surface area (Å²) in [5, 5.41) is 9.18. The summed E-state index contributed by atoms with van der Waals surface area (Å²) < 4.78 is 0. The molecule has 2 heterocycles. The Kier molecular flexibility index (Phi) is 3.39. The number of likely N-dealkylation sites (tertiary alicyclic amines) is 1. The van der Waals surface area contributed by atoms with Crippen LogP contribution in [-0.4, -0.2) is 44.9 Å². The van der Waals surface area contributed by atoms with Gasteiger partial charge in [-0.1, -0.05) is 6.92 Å². The maximum absolute atomic E-state index is 12.7. The highest BCUT2D eigenvalue weighted by molar-refractivity contribution is 5.96. The van der Waals surface area contributed by atoms with Crippen LogP contribution in [0.5, 0.6) is 0 Å². The zero-order valence-corrected chi connectivity index (χ0v) is 12.2. The first-order chi connectivity index (χ1) is 9.97. The molecule has 0 aromatic carbocycles. The maximum Gasteiger partial charge on any atom is 0.308 e. The molecule has 1 aliphatic heterocycles. The van der Waals surface area contributed by atoms with Gasteiger partial charge in [-0.2, -0.15) is 0 Å². The zero-order chi connectivity index (χ0) is 15.1. The minimum absolute atomic E-state index is 0.0257. The summed E-state index contributed by atoms with van der Waals surface area (Å²) in [6, 6.07) is 0. The van der Waals surface area contributed by atoms with E-state index < -0.39 is 11.9 Å². The van der Waals surface area contributed by atoms with E-state index in [1.165, 1.54) is 0 Å². The number of carbonyl (C=O) groups excluding carboxylic acids is 1. The molecular weight excluding hydrogens is 270 g/mol. The molecule has 6 nitrogen and oxygen atoms in total. The third kappa shape index (κ3) is 2.62. The van der Waals surface area contributed by atoms with E-state index in [0.717, 1.165) is 18.5 Å². The van der Waals surface area contributed by atoms with Crippen LogP contribution in [0.15, 0.2) is 6.20 Å². The average Bonchev–Trinajstić information content (AvgIpc) is 3.20. The second kappa shape index (κ2) is 5.09. The molecule has 1 N–H and O–H groups in total. The summed E-state index contributed by atoms with van der Waals surface area (Å²) in [7, 11) is 0. The number of aromatic nitrogens is 2. The monoisotopic (exact) mass is 289 g/mol. The topological polar surface area (TPSA) is 83.4 Å². The van der Waals surface area contributed by atoms with Crippen molar-refractivity contribution in [3.8, 4) is 0 Å². The molecule has 2 fully saturated rings. The first-order valence-corrected chi connectivity index (χ1v) is 7.33. The zero-order valence-electron chi connectivity index (χ0n) is 12.2. The normalized spacial score (nSPS) is 25.1. The molecule has 1 saturated carbocycles. The predicted molar refractivity (Wildman–Crippen MR) is 74.9 cm³/mol. The Balaban J connectivity index is 1.85. The van der Waals surface area contributed by atoms with Crippen molar-refractivity contribution in [2.75, 3.05) is 13.1 Å². The van der Waals surface area contributed by atoms with E-state index in [1.54, 1.807) is 11.1 Å². The van der Waals surface area contributed by atoms with E-state index in [9.17, 15) is 14.7 Å². The van der Waals surface area contributed by atoms with Crippen LogP contribution in [0.25, 0.3) is 0 Å². The molecule has 2 atom stereocenters. The molecule has 0 spiro atoms. The Bertz CT molecular complexity index is 598. The van der Waals surface area contributed by atoms with Crippen molar-refractivity contribution in [2.45, 2.75) is 32.6 Å². The van der Waals surface area contributed by atoms with Crippen LogP contribution in [0.3, 0.4) is 0 Å². The number of hydrogen-bond donors (Lipinski definition) is 1. The van der Waals surface area contributed by atoms with Crippen LogP contribution in [0.1, 0.15) is 47.6 Å². The molecule has 0 bridgehead atoms. The number of carbonyl (C=O) groups is 2. The molecule has 0 unspecified atom stereocenters. The second-order valence-electron chi connectivity index (χ2n) is 6.12. The van der Waals surface area contributed by atoms with Gasteiger partial charge < -0.3 is 10.0 Å². The van der Waals surface area contributed by atoms with Crippen molar-refractivity contribution in [2.24, 2.45) is 11.8 Å². The lowest BCUT2D eigenvalue weighted by Crippen LogP contribution is -2.31. The molecule has 6 heteroatoms. The van der Waals surface area contributed by atoms with E-state index in [-0.39, 0.29) is 18.4 Å². The van der Waals surface area contributed by atoms with Crippen LogP contribution < -0.4 is 0 Å². The van der Waals surface area contributed by atoms with Crippen molar-refractivity contribution >= 4 is 11.9 Å². The molecule has 21 heavy (non-hydrogen) atoms. The fraction of sp³-hybridized carbons (Fsp3) is 0.600. The minimum atomic E-state index is -0.833. The third-order valence-corrected chi connectivity index (χ3v) is 4.35. The first kappa shape index (κ1) is 14.0. The van der Waals surface area contributed by atoms with Crippen molar-refractivity contribution in [3.63, 3.8) is 0 Å². The molecule has 1 amide bonds. The number of nitrogens with zero attached hydrogens (tertiary/aromatic N) is 3. The fourth-order valence-electron chi connectivity index (χ4n) is 2.94. The molecule has 1 aliphatic carbocycles. The largest absolute Gasteiger partial charge is 0.481 e. The highest BCUT2D eigenvalue weighted by atomic mass is 16.4. The first-order valence-electron chi connectivity index (χ1n) is 7.33. The van der Waals surface area contributed by atoms with Gasteiger partial charge >= 0.3 is 5.97 Å². The Morgan fingerprint density at radius 3 is 2.62 bits per heavy atom. The van der Waals surface area contributed by atoms with Gasteiger partial charge in [0, 0.05) is 25.2 Å². The van der Waals surface area contributed by atoms with Crippen molar-refractivity contribution in [1.29, 1.82) is 0 Å². The van der Waals surface area contributed by atoms with Crippen LogP contribution in [0, 0.1) is 18.8 Å². The summed E-state index contributed by atoms with van der Waals surface area (Å²) in [5.74, 6) is -0.438. The number of carboxylic acids is 1. The van der Waals surface area contributed by atoms with E-state index in [0.29, 0.717) is 23.9 Å². The second-order valence-corrected chi connectivity index (χ2v) is 6.12. The number of hydrogen-bond acceptors (Lipinski definition) is 4. The molecule has 1 aromatic rings. The quantitative estimate of drug-likeness (QED) is 0.910. The van der Waals surface area contributed by atoms with Crippen molar-refractivity contribution < 1.29 is 14.7 Å². The lowest BCUT2D eigenvalue weighted by Gasteiger charge is -2.17. The smallest absolute Gasteiger partial charge is 0.308 e. The molecule has 1 aromatic heterocycles. The van der Waals surface area contributed by atoms with Crippen molar-refractivity contribution in [3.05, 3.63) is 23.3 Å². The Labute approximate surface area is 123 Å². The van der Waals surface area contributed by atoms with Gasteiger partial charge in [-0.15, -0.1) is 0 Å². The fourth-order valence-corrected chi connectivity index (χ4v) is 2.94. The van der Waals surface area contributed by atoms with Crippen molar-refractivity contribution in [1.82, 2.24) is 14.9 Å². The standard InChI is InChI=1S/C15H19N3O3/c1-8-6-18(7-12(8)15(20)21)14(19)11-5-16-9(2)17-13(11)10-3-4-10/h5,8,10,12H,3-4,6-7H2,1-2H3,(H,20,21)/t8-,12-/m1/s1. The molecule has 2 aliphatic rings. The van der Waals surface area contributed by atoms with Crippen LogP contribution >= 0.6 is 0 Å². The van der Waals surface area contributed by atoms with Gasteiger partial charge in [-0.3, -0.25) is 9.59 Å². The van der Waals surface area contributed by atoms with Crippen LogP contribution in [-0.2, 0) is 4.79 Å². The van der Waals surface area contributed by atoms with Gasteiger partial charge in [0.05, 0.1) is 17.2 Å². The van der Waals surface area contributed by atoms with Gasteiger partial charge in [-0.05, 0) is 25.7 Å². The lowest BCUT2D eigenvalue weighted by atomic mass is 9.99. The SMILES string of the molecule is Cc1ncc(C(=O)N2C[C@@H](C)[C@H](C(=O)O)C2)c(C2CC2)n1. The number of amides is 1. The van der Waals surface area contributed by atoms with Gasteiger partial charge in [-0.25, -0.2) is 9.97 Å². The van der Waals surface area contributed by atoms with Crippen LogP contribution in [0.4, 0.5) is 0 Å². The van der Waals surface area contributed by atoms with Gasteiger partial charge in [0.1, 0.15) is 5.82 Å². The predicted octanol–water partition coefficient (Wildman–Crippen LogP) is 1.46. The summed E-state index contributed by atoms with van der Waals surface area (Å²) in [5.41, 5.74) is 1.38. The lowest BCUT2D eigenvalue weighted by molar-refractivity contribution is -0.142. The minimum Gasteiger partial charge on any atom is -0.481 e. The molecular formula is C15H19N3O3. The van der Waals surface area contributed by atoms with E-state index in [1.807, 2.05) is 13.8 Å². The Morgan fingerprint density at radius 1 is 1.33 bits per heavy atom. The number of rotatable bonds is 3. The number of carboxylic acid groups (broad SMARTS) is 1. The Morgan fingerprint density at radius 2 is 2.05 bits per heavy atom. The van der Waals surface area contributed by atoms with Gasteiger partial charge in [0.15, 0.2) is 0 Å². The molecule has 0 radical (unpaired) electrons. The summed E-state index contributed by atoms with van der Waals surface area (Å²) in [4.78, 5) is 34.1. The summed E-state index contributed by atoms with van der Waals surface area (Å²) in [6.45, 7) is 4.44. The van der Waals surface area contributed by atoms with Crippen LogP contribution in [0.2, 0.25) is 0 Å². The number of aryl methyl sites for hydroxylation is 1. The van der Waals surface area contributed by atoms with E-state index in [2.05, 4.69) is 9.97 Å². The Hall–Kier alpha value is -1.98. The molecule has 112 valence electrons. The van der Waals surface area contributed by atoms with E-state index >= 15 is 0 Å². The highest BCUT2D eigenvalue weighted by Gasteiger charge is 2.39. The van der Waals surface area contributed by atoms with Gasteiger partial charge in [0.25, 0.3) is 5.91 Å². The highest BCUT2D eigenvalue weighted by Crippen LogP contribution is 2.41. The summed E-state index contributed by atoms with van der Waals surface area (Å²) in [6.07, 6.45) is 3.72. The average molecular weight is 289 g/mol. The molecule has 3 rings (SSSR count). The third-order valence-electron chi connectivity index (χ3n) is 4.35. The van der Waals surface area contributed by atoms with E-state index in [4.69, 9.17) is 0 Å². The summed E-state index contributed by atoms with van der Waals surface area (Å²) >= 11 is 0. The maximum atomic E-state index is 12.7. The number of aliphatic carboxylic acids is 1. The van der Waals surface area contributed by atoms with Gasteiger partial charge in [0.2, 0.25) is 0 Å². The molecule has 1 saturated heterocycles.